The van der Waals surface area contributed by atoms with Crippen LogP contribution in [0.25, 0.3) is 0 Å². The van der Waals surface area contributed by atoms with Gasteiger partial charge in [0.2, 0.25) is 0 Å². The van der Waals surface area contributed by atoms with Gasteiger partial charge in [-0.1, -0.05) is 36.8 Å². The first-order valence-corrected chi connectivity index (χ1v) is 5.17. The molecule has 0 atom stereocenters. The monoisotopic (exact) mass is 193 g/mol. The lowest BCUT2D eigenvalue weighted by Gasteiger charge is -2.05. The summed E-state index contributed by atoms with van der Waals surface area (Å²) in [5, 5.41) is 3.22. The SMILES string of the molecule is CCNCCOCc1cccc(C)c1. The van der Waals surface area contributed by atoms with E-state index < -0.39 is 0 Å². The van der Waals surface area contributed by atoms with Crippen molar-refractivity contribution in [1.82, 2.24) is 5.32 Å². The van der Waals surface area contributed by atoms with Crippen molar-refractivity contribution in [1.29, 1.82) is 0 Å². The van der Waals surface area contributed by atoms with Gasteiger partial charge in [-0.3, -0.25) is 0 Å². The van der Waals surface area contributed by atoms with Gasteiger partial charge in [-0.05, 0) is 19.0 Å². The van der Waals surface area contributed by atoms with Gasteiger partial charge < -0.3 is 10.1 Å². The van der Waals surface area contributed by atoms with Crippen LogP contribution in [0.2, 0.25) is 0 Å². The Balaban J connectivity index is 2.18. The number of ether oxygens (including phenoxy) is 1. The van der Waals surface area contributed by atoms with Crippen LogP contribution in [0.4, 0.5) is 0 Å². The molecule has 0 aliphatic heterocycles. The van der Waals surface area contributed by atoms with Crippen molar-refractivity contribution in [2.24, 2.45) is 0 Å². The second-order valence-corrected chi connectivity index (χ2v) is 3.40. The number of aryl methyl sites for hydroxylation is 1. The molecule has 0 aliphatic rings. The van der Waals surface area contributed by atoms with E-state index in [2.05, 4.69) is 43.4 Å². The molecular formula is C12H19NO. The molecule has 2 heteroatoms. The summed E-state index contributed by atoms with van der Waals surface area (Å²) in [5.41, 5.74) is 2.54. The lowest BCUT2D eigenvalue weighted by Crippen LogP contribution is -2.18. The summed E-state index contributed by atoms with van der Waals surface area (Å²) in [6.07, 6.45) is 0. The molecule has 2 nitrogen and oxygen atoms in total. The molecule has 0 saturated heterocycles. The summed E-state index contributed by atoms with van der Waals surface area (Å²) in [6.45, 7) is 7.63. The molecule has 0 amide bonds. The van der Waals surface area contributed by atoms with Crippen LogP contribution in [0.15, 0.2) is 24.3 Å². The minimum atomic E-state index is 0.715. The van der Waals surface area contributed by atoms with Crippen LogP contribution in [-0.2, 0) is 11.3 Å². The zero-order valence-electron chi connectivity index (χ0n) is 9.05. The zero-order chi connectivity index (χ0) is 10.2. The summed E-state index contributed by atoms with van der Waals surface area (Å²) in [6, 6.07) is 8.42. The molecule has 0 unspecified atom stereocenters. The van der Waals surface area contributed by atoms with Crippen LogP contribution >= 0.6 is 0 Å². The predicted octanol–water partition coefficient (Wildman–Crippen LogP) is 2.12. The molecule has 1 N–H and O–H groups in total. The molecule has 0 radical (unpaired) electrons. The summed E-state index contributed by atoms with van der Waals surface area (Å²) in [4.78, 5) is 0. The molecule has 0 saturated carbocycles. The van der Waals surface area contributed by atoms with E-state index in [-0.39, 0.29) is 0 Å². The average Bonchev–Trinajstić information content (AvgIpc) is 2.18. The number of rotatable bonds is 6. The molecule has 0 fully saturated rings. The maximum absolute atomic E-state index is 5.51. The van der Waals surface area contributed by atoms with Crippen molar-refractivity contribution >= 4 is 0 Å². The Morgan fingerprint density at radius 2 is 2.21 bits per heavy atom. The largest absolute Gasteiger partial charge is 0.375 e. The number of likely N-dealkylation sites (N-methyl/N-ethyl adjacent to an activating group) is 1. The third kappa shape index (κ3) is 4.40. The first-order chi connectivity index (χ1) is 6.83. The first-order valence-electron chi connectivity index (χ1n) is 5.17. The number of nitrogens with one attached hydrogen (secondary N) is 1. The van der Waals surface area contributed by atoms with E-state index in [9.17, 15) is 0 Å². The van der Waals surface area contributed by atoms with E-state index >= 15 is 0 Å². The fourth-order valence-electron chi connectivity index (χ4n) is 1.31. The molecule has 78 valence electrons. The van der Waals surface area contributed by atoms with Gasteiger partial charge >= 0.3 is 0 Å². The molecule has 14 heavy (non-hydrogen) atoms. The third-order valence-electron chi connectivity index (χ3n) is 2.02. The second-order valence-electron chi connectivity index (χ2n) is 3.40. The van der Waals surface area contributed by atoms with Gasteiger partial charge in [0.05, 0.1) is 13.2 Å². The predicted molar refractivity (Wildman–Crippen MR) is 59.4 cm³/mol. The molecule has 0 aromatic heterocycles. The highest BCUT2D eigenvalue weighted by atomic mass is 16.5. The van der Waals surface area contributed by atoms with Crippen molar-refractivity contribution in [2.75, 3.05) is 19.7 Å². The highest BCUT2D eigenvalue weighted by molar-refractivity contribution is 5.21. The van der Waals surface area contributed by atoms with Gasteiger partial charge in [-0.15, -0.1) is 0 Å². The Morgan fingerprint density at radius 3 is 2.93 bits per heavy atom. The Bertz CT molecular complexity index is 260. The van der Waals surface area contributed by atoms with Crippen LogP contribution < -0.4 is 5.32 Å². The van der Waals surface area contributed by atoms with Crippen molar-refractivity contribution in [3.8, 4) is 0 Å². The number of benzene rings is 1. The summed E-state index contributed by atoms with van der Waals surface area (Å²) in [5.74, 6) is 0. The normalized spacial score (nSPS) is 10.4. The Labute approximate surface area is 86.3 Å². The topological polar surface area (TPSA) is 21.3 Å². The van der Waals surface area contributed by atoms with E-state index in [0.29, 0.717) is 6.61 Å². The molecule has 1 rings (SSSR count). The summed E-state index contributed by atoms with van der Waals surface area (Å²) >= 11 is 0. The maximum atomic E-state index is 5.51. The van der Waals surface area contributed by atoms with Crippen molar-refractivity contribution < 1.29 is 4.74 Å². The standard InChI is InChI=1S/C12H19NO/c1-3-13-7-8-14-10-12-6-4-5-11(2)9-12/h4-6,9,13H,3,7-8,10H2,1-2H3. The lowest BCUT2D eigenvalue weighted by molar-refractivity contribution is 0.123. The number of hydrogen-bond donors (Lipinski definition) is 1. The Kier molecular flexibility index (Phi) is 5.27. The third-order valence-corrected chi connectivity index (χ3v) is 2.02. The quantitative estimate of drug-likeness (QED) is 0.699. The van der Waals surface area contributed by atoms with Crippen LogP contribution in [0.1, 0.15) is 18.1 Å². The molecule has 0 spiro atoms. The minimum Gasteiger partial charge on any atom is -0.375 e. The smallest absolute Gasteiger partial charge is 0.0717 e. The van der Waals surface area contributed by atoms with E-state index in [1.54, 1.807) is 0 Å². The lowest BCUT2D eigenvalue weighted by atomic mass is 10.1. The van der Waals surface area contributed by atoms with E-state index in [0.717, 1.165) is 19.7 Å². The van der Waals surface area contributed by atoms with Crippen LogP contribution in [0.5, 0.6) is 0 Å². The average molecular weight is 193 g/mol. The molecule has 0 aliphatic carbocycles. The zero-order valence-corrected chi connectivity index (χ0v) is 9.05. The van der Waals surface area contributed by atoms with Crippen LogP contribution in [-0.4, -0.2) is 19.7 Å². The molecule has 1 aromatic carbocycles. The van der Waals surface area contributed by atoms with E-state index in [1.165, 1.54) is 11.1 Å². The van der Waals surface area contributed by atoms with Gasteiger partial charge in [-0.25, -0.2) is 0 Å². The summed E-state index contributed by atoms with van der Waals surface area (Å²) < 4.78 is 5.51. The molecule has 0 heterocycles. The van der Waals surface area contributed by atoms with Crippen molar-refractivity contribution in [3.63, 3.8) is 0 Å². The van der Waals surface area contributed by atoms with E-state index in [1.807, 2.05) is 0 Å². The highest BCUT2D eigenvalue weighted by Gasteiger charge is 1.92. The fourth-order valence-corrected chi connectivity index (χ4v) is 1.31. The van der Waals surface area contributed by atoms with Gasteiger partial charge in [-0.2, -0.15) is 0 Å². The molecule has 1 aromatic rings. The van der Waals surface area contributed by atoms with Crippen LogP contribution in [0.3, 0.4) is 0 Å². The Hall–Kier alpha value is -0.860. The number of hydrogen-bond acceptors (Lipinski definition) is 2. The van der Waals surface area contributed by atoms with Gasteiger partial charge in [0.15, 0.2) is 0 Å². The fraction of sp³-hybridized carbons (Fsp3) is 0.500. The van der Waals surface area contributed by atoms with E-state index in [4.69, 9.17) is 4.74 Å². The Morgan fingerprint density at radius 1 is 1.36 bits per heavy atom. The van der Waals surface area contributed by atoms with Gasteiger partial charge in [0.25, 0.3) is 0 Å². The molecular weight excluding hydrogens is 174 g/mol. The maximum Gasteiger partial charge on any atom is 0.0717 e. The first kappa shape index (κ1) is 11.2. The van der Waals surface area contributed by atoms with Crippen molar-refractivity contribution in [3.05, 3.63) is 35.4 Å². The minimum absolute atomic E-state index is 0.715. The second kappa shape index (κ2) is 6.57. The van der Waals surface area contributed by atoms with Gasteiger partial charge in [0.1, 0.15) is 0 Å². The van der Waals surface area contributed by atoms with Crippen LogP contribution in [0, 0.1) is 6.92 Å². The highest BCUT2D eigenvalue weighted by Crippen LogP contribution is 2.04. The summed E-state index contributed by atoms with van der Waals surface area (Å²) in [7, 11) is 0. The molecule has 0 bridgehead atoms. The van der Waals surface area contributed by atoms with Gasteiger partial charge in [0, 0.05) is 6.54 Å². The van der Waals surface area contributed by atoms with Crippen molar-refractivity contribution in [2.45, 2.75) is 20.5 Å².